The van der Waals surface area contributed by atoms with Crippen LogP contribution < -0.4 is 5.32 Å². The van der Waals surface area contributed by atoms with Gasteiger partial charge in [0.15, 0.2) is 0 Å². The van der Waals surface area contributed by atoms with Gasteiger partial charge in [0.2, 0.25) is 0 Å². The molecule has 0 spiro atoms. The molecule has 1 saturated heterocycles. The van der Waals surface area contributed by atoms with Crippen LogP contribution in [0.15, 0.2) is 6.20 Å². The molecule has 4 nitrogen and oxygen atoms in total. The number of hydrogen-bond acceptors (Lipinski definition) is 4. The summed E-state index contributed by atoms with van der Waals surface area (Å²) in [6.07, 6.45) is 8.33. The smallest absolute Gasteiger partial charge is 0.0842 e. The Hall–Kier alpha value is -0.550. The number of nitrogens with one attached hydrogen (secondary N) is 1. The maximum atomic E-state index is 4.22. The van der Waals surface area contributed by atoms with Crippen LogP contribution in [0, 0.1) is 0 Å². The van der Waals surface area contributed by atoms with Crippen molar-refractivity contribution in [2.24, 2.45) is 7.05 Å². The van der Waals surface area contributed by atoms with Gasteiger partial charge in [-0.25, -0.2) is 0 Å². The lowest BCUT2D eigenvalue weighted by Gasteiger charge is -2.30. The molecule has 1 fully saturated rings. The highest BCUT2D eigenvalue weighted by Crippen LogP contribution is 2.28. The molecule has 1 aliphatic rings. The maximum absolute atomic E-state index is 4.22. The SMILES string of the molecule is CCCNC(Cc1cn(C)nn1)C1CCCCS1. The molecule has 102 valence electrons. The Labute approximate surface area is 114 Å². The zero-order valence-corrected chi connectivity index (χ0v) is 12.2. The highest BCUT2D eigenvalue weighted by atomic mass is 32.2. The highest BCUT2D eigenvalue weighted by Gasteiger charge is 2.24. The number of hydrogen-bond donors (Lipinski definition) is 1. The van der Waals surface area contributed by atoms with E-state index in [9.17, 15) is 0 Å². The molecule has 0 aromatic carbocycles. The molecule has 5 heteroatoms. The molecule has 1 N–H and O–H groups in total. The number of rotatable bonds is 6. The van der Waals surface area contributed by atoms with Crippen LogP contribution in [-0.4, -0.2) is 38.6 Å². The fourth-order valence-corrected chi connectivity index (χ4v) is 3.89. The molecular formula is C13H24N4S. The van der Waals surface area contributed by atoms with E-state index in [-0.39, 0.29) is 0 Å². The third-order valence-electron chi connectivity index (χ3n) is 3.40. The van der Waals surface area contributed by atoms with Gasteiger partial charge in [-0.1, -0.05) is 18.6 Å². The van der Waals surface area contributed by atoms with Crippen LogP contribution in [0.1, 0.15) is 38.3 Å². The summed E-state index contributed by atoms with van der Waals surface area (Å²) >= 11 is 2.13. The fraction of sp³-hybridized carbons (Fsp3) is 0.846. The molecule has 2 rings (SSSR count). The summed E-state index contributed by atoms with van der Waals surface area (Å²) in [5.41, 5.74) is 1.11. The summed E-state index contributed by atoms with van der Waals surface area (Å²) in [4.78, 5) is 0. The quantitative estimate of drug-likeness (QED) is 0.857. The molecule has 2 unspecified atom stereocenters. The third kappa shape index (κ3) is 3.99. The standard InChI is InChI=1S/C13H24N4S/c1-3-7-14-12(13-6-4-5-8-18-13)9-11-10-17(2)16-15-11/h10,12-14H,3-9H2,1-2H3. The summed E-state index contributed by atoms with van der Waals surface area (Å²) < 4.78 is 1.79. The first-order valence-corrected chi connectivity index (χ1v) is 8.04. The van der Waals surface area contributed by atoms with Crippen molar-refractivity contribution in [1.29, 1.82) is 0 Å². The lowest BCUT2D eigenvalue weighted by molar-refractivity contribution is 0.458. The van der Waals surface area contributed by atoms with Gasteiger partial charge in [0, 0.05) is 31.0 Å². The van der Waals surface area contributed by atoms with Crippen LogP contribution in [0.2, 0.25) is 0 Å². The fourth-order valence-electron chi connectivity index (χ4n) is 2.46. The molecule has 2 atom stereocenters. The Balaban J connectivity index is 1.94. The zero-order valence-electron chi connectivity index (χ0n) is 11.4. The molecule has 1 aliphatic heterocycles. The number of aromatic nitrogens is 3. The molecular weight excluding hydrogens is 244 g/mol. The van der Waals surface area contributed by atoms with Gasteiger partial charge in [-0.15, -0.1) is 5.10 Å². The van der Waals surface area contributed by atoms with Gasteiger partial charge < -0.3 is 5.32 Å². The molecule has 0 aliphatic carbocycles. The van der Waals surface area contributed by atoms with E-state index in [0.29, 0.717) is 6.04 Å². The molecule has 1 aromatic rings. The first-order chi connectivity index (χ1) is 8.79. The van der Waals surface area contributed by atoms with Crippen LogP contribution >= 0.6 is 11.8 Å². The van der Waals surface area contributed by atoms with E-state index in [1.165, 1.54) is 31.4 Å². The van der Waals surface area contributed by atoms with Gasteiger partial charge in [0.05, 0.1) is 5.69 Å². The van der Waals surface area contributed by atoms with Crippen molar-refractivity contribution < 1.29 is 0 Å². The lowest BCUT2D eigenvalue weighted by atomic mass is 10.0. The van der Waals surface area contributed by atoms with Crippen LogP contribution in [-0.2, 0) is 13.5 Å². The first kappa shape index (κ1) is 13.9. The van der Waals surface area contributed by atoms with Gasteiger partial charge in [-0.2, -0.15) is 11.8 Å². The highest BCUT2D eigenvalue weighted by molar-refractivity contribution is 8.00. The maximum Gasteiger partial charge on any atom is 0.0842 e. The van der Waals surface area contributed by atoms with Crippen LogP contribution in [0.25, 0.3) is 0 Å². The lowest BCUT2D eigenvalue weighted by Crippen LogP contribution is -2.41. The minimum atomic E-state index is 0.548. The summed E-state index contributed by atoms with van der Waals surface area (Å²) in [7, 11) is 1.93. The summed E-state index contributed by atoms with van der Waals surface area (Å²) in [6.45, 7) is 3.32. The Kier molecular flexibility index (Phi) is 5.50. The number of aryl methyl sites for hydroxylation is 1. The van der Waals surface area contributed by atoms with Gasteiger partial charge in [0.1, 0.15) is 0 Å². The van der Waals surface area contributed by atoms with Gasteiger partial charge in [-0.05, 0) is 31.6 Å². The summed E-state index contributed by atoms with van der Waals surface area (Å²) in [5, 5.41) is 12.7. The second-order valence-corrected chi connectivity index (χ2v) is 6.40. The molecule has 1 aromatic heterocycles. The zero-order chi connectivity index (χ0) is 12.8. The average molecular weight is 268 g/mol. The summed E-state index contributed by atoms with van der Waals surface area (Å²) in [6, 6.07) is 0.548. The predicted molar refractivity (Wildman–Crippen MR) is 76.9 cm³/mol. The second kappa shape index (κ2) is 7.14. The molecule has 0 bridgehead atoms. The van der Waals surface area contributed by atoms with Crippen molar-refractivity contribution in [3.8, 4) is 0 Å². The van der Waals surface area contributed by atoms with E-state index in [1.807, 2.05) is 13.2 Å². The first-order valence-electron chi connectivity index (χ1n) is 6.99. The van der Waals surface area contributed by atoms with E-state index >= 15 is 0 Å². The molecule has 2 heterocycles. The Morgan fingerprint density at radius 3 is 3.06 bits per heavy atom. The van der Waals surface area contributed by atoms with Crippen molar-refractivity contribution in [3.05, 3.63) is 11.9 Å². The van der Waals surface area contributed by atoms with Crippen LogP contribution in [0.5, 0.6) is 0 Å². The normalized spacial score (nSPS) is 22.0. The monoisotopic (exact) mass is 268 g/mol. The van der Waals surface area contributed by atoms with Crippen molar-refractivity contribution in [2.45, 2.75) is 50.3 Å². The topological polar surface area (TPSA) is 42.7 Å². The molecule has 0 radical (unpaired) electrons. The molecule has 18 heavy (non-hydrogen) atoms. The van der Waals surface area contributed by atoms with Crippen molar-refractivity contribution in [1.82, 2.24) is 20.3 Å². The molecule has 0 amide bonds. The van der Waals surface area contributed by atoms with Gasteiger partial charge in [-0.3, -0.25) is 4.68 Å². The third-order valence-corrected chi connectivity index (χ3v) is 4.92. The number of thioether (sulfide) groups is 1. The van der Waals surface area contributed by atoms with Gasteiger partial charge in [0.25, 0.3) is 0 Å². The van der Waals surface area contributed by atoms with Crippen LogP contribution in [0.3, 0.4) is 0 Å². The van der Waals surface area contributed by atoms with E-state index in [2.05, 4.69) is 34.3 Å². The Morgan fingerprint density at radius 2 is 2.44 bits per heavy atom. The van der Waals surface area contributed by atoms with Crippen molar-refractivity contribution >= 4 is 11.8 Å². The van der Waals surface area contributed by atoms with Gasteiger partial charge >= 0.3 is 0 Å². The van der Waals surface area contributed by atoms with E-state index < -0.39 is 0 Å². The number of nitrogens with zero attached hydrogens (tertiary/aromatic N) is 3. The second-order valence-electron chi connectivity index (χ2n) is 5.05. The summed E-state index contributed by atoms with van der Waals surface area (Å²) in [5.74, 6) is 1.31. The Morgan fingerprint density at radius 1 is 1.56 bits per heavy atom. The van der Waals surface area contributed by atoms with Crippen molar-refractivity contribution in [2.75, 3.05) is 12.3 Å². The van der Waals surface area contributed by atoms with Crippen molar-refractivity contribution in [3.63, 3.8) is 0 Å². The molecule has 0 saturated carbocycles. The largest absolute Gasteiger partial charge is 0.312 e. The minimum absolute atomic E-state index is 0.548. The minimum Gasteiger partial charge on any atom is -0.312 e. The van der Waals surface area contributed by atoms with E-state index in [0.717, 1.165) is 23.9 Å². The Bertz CT molecular complexity index is 347. The van der Waals surface area contributed by atoms with E-state index in [4.69, 9.17) is 0 Å². The van der Waals surface area contributed by atoms with Crippen LogP contribution in [0.4, 0.5) is 0 Å². The average Bonchev–Trinajstić information content (AvgIpc) is 2.81. The predicted octanol–water partition coefficient (Wildman–Crippen LogP) is 2.01. The van der Waals surface area contributed by atoms with E-state index in [1.54, 1.807) is 4.68 Å².